The number of aromatic nitrogens is 1. The molecule has 142 valence electrons. The fraction of sp³-hybridized carbons (Fsp3) is 0.381. The van der Waals surface area contributed by atoms with Crippen LogP contribution < -0.4 is 5.32 Å². The van der Waals surface area contributed by atoms with E-state index in [2.05, 4.69) is 21.3 Å². The lowest BCUT2D eigenvalue weighted by molar-refractivity contribution is -0.133. The molecule has 1 aromatic carbocycles. The fourth-order valence-corrected chi connectivity index (χ4v) is 3.24. The Morgan fingerprint density at radius 1 is 1.07 bits per heavy atom. The average Bonchev–Trinajstić information content (AvgIpc) is 2.70. The smallest absolute Gasteiger partial charge is 0.251 e. The van der Waals surface area contributed by atoms with Crippen LogP contribution in [0.4, 0.5) is 0 Å². The molecule has 1 atom stereocenters. The van der Waals surface area contributed by atoms with Crippen molar-refractivity contribution < 1.29 is 9.59 Å². The number of pyridine rings is 1. The molecule has 6 heteroatoms. The van der Waals surface area contributed by atoms with E-state index in [0.29, 0.717) is 12.0 Å². The van der Waals surface area contributed by atoms with E-state index in [4.69, 9.17) is 0 Å². The van der Waals surface area contributed by atoms with Crippen molar-refractivity contribution >= 4 is 11.8 Å². The summed E-state index contributed by atoms with van der Waals surface area (Å²) in [5.41, 5.74) is 1.80. The molecule has 3 rings (SSSR count). The quantitative estimate of drug-likeness (QED) is 0.848. The highest BCUT2D eigenvalue weighted by Gasteiger charge is 2.23. The normalized spacial score (nSPS) is 16.0. The second-order valence-corrected chi connectivity index (χ2v) is 6.96. The number of hydrogen-bond acceptors (Lipinski definition) is 4. The van der Waals surface area contributed by atoms with E-state index in [1.54, 1.807) is 18.3 Å². The standard InChI is InChI=1S/C21H26N4O2/c1-17(23-21(27)19-7-3-2-4-8-19)14-20(26)25-12-10-24(11-13-25)16-18-6-5-9-22-15-18/h2-9,15,17H,10-14,16H2,1H3,(H,23,27). The Bertz CT molecular complexity index is 743. The third-order valence-corrected chi connectivity index (χ3v) is 4.75. The Labute approximate surface area is 160 Å². The molecule has 0 spiro atoms. The Morgan fingerprint density at radius 3 is 2.48 bits per heavy atom. The molecule has 1 saturated heterocycles. The van der Waals surface area contributed by atoms with Gasteiger partial charge in [0.1, 0.15) is 0 Å². The van der Waals surface area contributed by atoms with Crippen LogP contribution in [0.1, 0.15) is 29.3 Å². The Hall–Kier alpha value is -2.73. The number of benzene rings is 1. The van der Waals surface area contributed by atoms with E-state index >= 15 is 0 Å². The van der Waals surface area contributed by atoms with E-state index in [0.717, 1.165) is 32.7 Å². The number of nitrogens with zero attached hydrogens (tertiary/aromatic N) is 3. The maximum Gasteiger partial charge on any atom is 0.251 e. The molecular weight excluding hydrogens is 340 g/mol. The SMILES string of the molecule is CC(CC(=O)N1CCN(Cc2cccnc2)CC1)NC(=O)c1ccccc1. The van der Waals surface area contributed by atoms with E-state index in [-0.39, 0.29) is 17.9 Å². The first-order chi connectivity index (χ1) is 13.1. The summed E-state index contributed by atoms with van der Waals surface area (Å²) in [6.45, 7) is 5.88. The molecule has 1 aromatic heterocycles. The summed E-state index contributed by atoms with van der Waals surface area (Å²) < 4.78 is 0. The predicted molar refractivity (Wildman–Crippen MR) is 104 cm³/mol. The summed E-state index contributed by atoms with van der Waals surface area (Å²) in [6.07, 6.45) is 3.98. The Kier molecular flexibility index (Phi) is 6.54. The Balaban J connectivity index is 1.42. The monoisotopic (exact) mass is 366 g/mol. The van der Waals surface area contributed by atoms with Crippen LogP contribution in [-0.2, 0) is 11.3 Å². The number of carbonyl (C=O) groups is 2. The molecule has 0 radical (unpaired) electrons. The van der Waals surface area contributed by atoms with E-state index in [9.17, 15) is 9.59 Å². The van der Waals surface area contributed by atoms with Gasteiger partial charge < -0.3 is 10.2 Å². The second kappa shape index (κ2) is 9.28. The van der Waals surface area contributed by atoms with Crippen molar-refractivity contribution in [3.05, 3.63) is 66.0 Å². The summed E-state index contributed by atoms with van der Waals surface area (Å²) in [4.78, 5) is 33.1. The van der Waals surface area contributed by atoms with Crippen LogP contribution in [0.2, 0.25) is 0 Å². The second-order valence-electron chi connectivity index (χ2n) is 6.96. The van der Waals surface area contributed by atoms with Crippen molar-refractivity contribution in [2.75, 3.05) is 26.2 Å². The van der Waals surface area contributed by atoms with Gasteiger partial charge >= 0.3 is 0 Å². The third-order valence-electron chi connectivity index (χ3n) is 4.75. The van der Waals surface area contributed by atoms with E-state index in [1.807, 2.05) is 42.3 Å². The van der Waals surface area contributed by atoms with Crippen LogP contribution in [0.25, 0.3) is 0 Å². The fourth-order valence-electron chi connectivity index (χ4n) is 3.24. The van der Waals surface area contributed by atoms with Gasteiger partial charge in [0.2, 0.25) is 5.91 Å². The van der Waals surface area contributed by atoms with Gasteiger partial charge in [-0.15, -0.1) is 0 Å². The minimum absolute atomic E-state index is 0.0943. The molecule has 1 fully saturated rings. The first kappa shape index (κ1) is 19.0. The summed E-state index contributed by atoms with van der Waals surface area (Å²) in [7, 11) is 0. The Morgan fingerprint density at radius 2 is 1.81 bits per heavy atom. The van der Waals surface area contributed by atoms with Crippen molar-refractivity contribution in [1.29, 1.82) is 0 Å². The molecule has 0 bridgehead atoms. The van der Waals surface area contributed by atoms with Crippen LogP contribution >= 0.6 is 0 Å². The lowest BCUT2D eigenvalue weighted by Gasteiger charge is -2.35. The highest BCUT2D eigenvalue weighted by atomic mass is 16.2. The van der Waals surface area contributed by atoms with Gasteiger partial charge in [-0.05, 0) is 30.7 Å². The molecule has 1 aliphatic heterocycles. The minimum Gasteiger partial charge on any atom is -0.349 e. The van der Waals surface area contributed by atoms with Crippen molar-refractivity contribution in [2.45, 2.75) is 25.9 Å². The largest absolute Gasteiger partial charge is 0.349 e. The number of nitrogens with one attached hydrogen (secondary N) is 1. The molecule has 2 aromatic rings. The molecule has 1 unspecified atom stereocenters. The number of hydrogen-bond donors (Lipinski definition) is 1. The van der Waals surface area contributed by atoms with Crippen molar-refractivity contribution in [2.24, 2.45) is 0 Å². The number of rotatable bonds is 6. The van der Waals surface area contributed by atoms with Crippen LogP contribution in [0, 0.1) is 0 Å². The predicted octanol–water partition coefficient (Wildman–Crippen LogP) is 1.93. The van der Waals surface area contributed by atoms with Crippen LogP contribution in [0.15, 0.2) is 54.9 Å². The van der Waals surface area contributed by atoms with Gasteiger partial charge in [-0.25, -0.2) is 0 Å². The molecule has 2 amide bonds. The first-order valence-electron chi connectivity index (χ1n) is 9.37. The van der Waals surface area contributed by atoms with Gasteiger partial charge in [-0.2, -0.15) is 0 Å². The van der Waals surface area contributed by atoms with Gasteiger partial charge in [0.15, 0.2) is 0 Å². The highest BCUT2D eigenvalue weighted by molar-refractivity contribution is 5.94. The number of carbonyl (C=O) groups excluding carboxylic acids is 2. The molecule has 27 heavy (non-hydrogen) atoms. The molecule has 0 saturated carbocycles. The van der Waals surface area contributed by atoms with Crippen molar-refractivity contribution in [1.82, 2.24) is 20.1 Å². The summed E-state index contributed by atoms with van der Waals surface area (Å²) >= 11 is 0. The zero-order chi connectivity index (χ0) is 19.1. The van der Waals surface area contributed by atoms with Gasteiger partial charge in [0, 0.05) is 63.1 Å². The highest BCUT2D eigenvalue weighted by Crippen LogP contribution is 2.10. The number of piperazine rings is 1. The topological polar surface area (TPSA) is 65.5 Å². The third kappa shape index (κ3) is 5.62. The molecule has 6 nitrogen and oxygen atoms in total. The molecule has 2 heterocycles. The molecule has 0 aliphatic carbocycles. The van der Waals surface area contributed by atoms with E-state index < -0.39 is 0 Å². The van der Waals surface area contributed by atoms with Gasteiger partial charge in [0.25, 0.3) is 5.91 Å². The summed E-state index contributed by atoms with van der Waals surface area (Å²) in [5.74, 6) is -0.0471. The minimum atomic E-state index is -0.196. The van der Waals surface area contributed by atoms with Crippen molar-refractivity contribution in [3.8, 4) is 0 Å². The molecule has 1 aliphatic rings. The molecular formula is C21H26N4O2. The average molecular weight is 366 g/mol. The maximum atomic E-state index is 12.5. The van der Waals surface area contributed by atoms with Gasteiger partial charge in [-0.3, -0.25) is 19.5 Å². The number of amides is 2. The van der Waals surface area contributed by atoms with Crippen LogP contribution in [-0.4, -0.2) is 58.8 Å². The molecule has 1 N–H and O–H groups in total. The lowest BCUT2D eigenvalue weighted by atomic mass is 10.1. The summed E-state index contributed by atoms with van der Waals surface area (Å²) in [6, 6.07) is 12.9. The van der Waals surface area contributed by atoms with Crippen molar-refractivity contribution in [3.63, 3.8) is 0 Å². The zero-order valence-electron chi connectivity index (χ0n) is 15.7. The maximum absolute atomic E-state index is 12.5. The van der Waals surface area contributed by atoms with Gasteiger partial charge in [0.05, 0.1) is 0 Å². The van der Waals surface area contributed by atoms with Crippen LogP contribution in [0.3, 0.4) is 0 Å². The van der Waals surface area contributed by atoms with Gasteiger partial charge in [-0.1, -0.05) is 24.3 Å². The van der Waals surface area contributed by atoms with E-state index in [1.165, 1.54) is 5.56 Å². The summed E-state index contributed by atoms with van der Waals surface area (Å²) in [5, 5.41) is 2.90. The zero-order valence-corrected chi connectivity index (χ0v) is 15.7. The first-order valence-corrected chi connectivity index (χ1v) is 9.37. The lowest BCUT2D eigenvalue weighted by Crippen LogP contribution is -2.49. The van der Waals surface area contributed by atoms with Crippen LogP contribution in [0.5, 0.6) is 0 Å².